The molecule has 71 heavy (non-hydrogen) atoms. The summed E-state index contributed by atoms with van der Waals surface area (Å²) >= 11 is 0. The Morgan fingerprint density at radius 1 is 0.634 bits per heavy atom. The molecule has 0 radical (unpaired) electrons. The van der Waals surface area contributed by atoms with Gasteiger partial charge in [0.1, 0.15) is 24.9 Å². The zero-order chi connectivity index (χ0) is 49.1. The summed E-state index contributed by atoms with van der Waals surface area (Å²) in [6.45, 7) is 8.57. The first-order valence-corrected chi connectivity index (χ1v) is 25.6. The van der Waals surface area contributed by atoms with Gasteiger partial charge in [-0.05, 0) is 93.3 Å². The maximum atomic E-state index is 14.6. The van der Waals surface area contributed by atoms with Gasteiger partial charge in [0.25, 0.3) is 0 Å². The molecule has 11 rings (SSSR count). The van der Waals surface area contributed by atoms with Crippen LogP contribution >= 0.6 is 0 Å². The molecule has 4 amide bonds. The third-order valence-electron chi connectivity index (χ3n) is 15.4. The van der Waals surface area contributed by atoms with Crippen molar-refractivity contribution in [3.8, 4) is 0 Å². The summed E-state index contributed by atoms with van der Waals surface area (Å²) in [5, 5.41) is 8.94. The molecule has 0 unspecified atom stereocenters. The van der Waals surface area contributed by atoms with Crippen LogP contribution in [0.25, 0.3) is 21.8 Å². The second kappa shape index (κ2) is 20.9. The predicted molar refractivity (Wildman–Crippen MR) is 273 cm³/mol. The van der Waals surface area contributed by atoms with Crippen LogP contribution in [0.2, 0.25) is 0 Å². The highest BCUT2D eigenvalue weighted by Crippen LogP contribution is 2.45. The van der Waals surface area contributed by atoms with Crippen LogP contribution in [0.5, 0.6) is 0 Å². The van der Waals surface area contributed by atoms with E-state index in [2.05, 4.69) is 51.1 Å². The van der Waals surface area contributed by atoms with Crippen molar-refractivity contribution in [2.45, 2.75) is 127 Å². The van der Waals surface area contributed by atoms with Gasteiger partial charge < -0.3 is 49.5 Å². The Kier molecular flexibility index (Phi) is 14.1. The van der Waals surface area contributed by atoms with Crippen molar-refractivity contribution in [2.75, 3.05) is 26.2 Å². The Labute approximate surface area is 415 Å². The molecule has 4 saturated heterocycles. The molecule has 4 aromatic carbocycles. The number of likely N-dealkylation sites (tertiary alicyclic amines) is 3. The quantitative estimate of drug-likeness (QED) is 0.104. The minimum absolute atomic E-state index is 0.0442. The van der Waals surface area contributed by atoms with Gasteiger partial charge in [-0.2, -0.15) is 0 Å². The zero-order valence-corrected chi connectivity index (χ0v) is 41.1. The molecule has 7 atom stereocenters. The molecule has 0 bridgehead atoms. The number of rotatable bonds is 9. The Balaban J connectivity index is 0.000000183. The van der Waals surface area contributed by atoms with Crippen molar-refractivity contribution in [1.29, 1.82) is 0 Å². The number of benzene rings is 4. The minimum Gasteiger partial charge on any atom is -0.445 e. The molecule has 4 N–H and O–H groups in total. The fraction of sp³-hybridized carbons (Fsp3) is 0.439. The lowest BCUT2D eigenvalue weighted by Crippen LogP contribution is -2.55. The molecule has 2 aromatic heterocycles. The van der Waals surface area contributed by atoms with E-state index < -0.39 is 17.7 Å². The monoisotopic (exact) mass is 962 g/mol. The van der Waals surface area contributed by atoms with Gasteiger partial charge in [0, 0.05) is 71.7 Å². The summed E-state index contributed by atoms with van der Waals surface area (Å²) in [6, 6.07) is 35.4. The van der Waals surface area contributed by atoms with Crippen molar-refractivity contribution in [3.05, 3.63) is 144 Å². The Hall–Kier alpha value is -6.80. The van der Waals surface area contributed by atoms with Gasteiger partial charge in [0.05, 0.1) is 18.1 Å². The standard InChI is InChI=1S/C35H44N4O5.C22H23N3O2/c1-35(2,3)44-33(41)37-30(24-14-8-5-9-15-24)32(40)38-19-18-29-31(38)27(26-20-36-28-17-11-10-16-25(26)28)21-39(29)34(42)43-22-23-12-6-4-7-13-23;26-22(27-14-15-6-2-1-3-7-15)25-13-18(21-20(25)10-11-23-21)17-12-24-19-9-5-4-8-16(17)19/h4,6-7,10-13,16-17,20,24,27,29-31,36H,5,8-9,14-15,18-19,21-22H2,1-3H3,(H,37,41);1-9,12,18,20-21,23-24H,10-11,13-14H2/t27-,29+,30-,31+;18-,20+,21+/m00/s1. The normalized spacial score (nSPS) is 23.5. The van der Waals surface area contributed by atoms with Gasteiger partial charge in [0.15, 0.2) is 0 Å². The van der Waals surface area contributed by atoms with Crippen LogP contribution < -0.4 is 10.6 Å². The molecule has 1 aliphatic carbocycles. The Morgan fingerprint density at radius 2 is 1.17 bits per heavy atom. The first-order valence-electron chi connectivity index (χ1n) is 25.6. The summed E-state index contributed by atoms with van der Waals surface area (Å²) in [7, 11) is 0. The summed E-state index contributed by atoms with van der Waals surface area (Å²) < 4.78 is 17.0. The molecule has 5 aliphatic rings. The highest BCUT2D eigenvalue weighted by atomic mass is 16.6. The number of alkyl carbamates (subject to hydrolysis) is 1. The molecule has 1 saturated carbocycles. The highest BCUT2D eigenvalue weighted by Gasteiger charge is 2.54. The van der Waals surface area contributed by atoms with Gasteiger partial charge in [-0.15, -0.1) is 0 Å². The van der Waals surface area contributed by atoms with Gasteiger partial charge in [0.2, 0.25) is 5.91 Å². The van der Waals surface area contributed by atoms with E-state index in [-0.39, 0.29) is 66.6 Å². The van der Waals surface area contributed by atoms with Gasteiger partial charge in [-0.25, -0.2) is 14.4 Å². The number of hydrogen-bond donors (Lipinski definition) is 4. The molecule has 14 nitrogen and oxygen atoms in total. The van der Waals surface area contributed by atoms with E-state index in [9.17, 15) is 19.2 Å². The van der Waals surface area contributed by atoms with Gasteiger partial charge in [-0.3, -0.25) is 4.79 Å². The summed E-state index contributed by atoms with van der Waals surface area (Å²) in [5.41, 5.74) is 5.81. The summed E-state index contributed by atoms with van der Waals surface area (Å²) in [6.07, 6.45) is 9.60. The molecule has 14 heteroatoms. The average molecular weight is 962 g/mol. The maximum Gasteiger partial charge on any atom is 0.410 e. The van der Waals surface area contributed by atoms with Gasteiger partial charge >= 0.3 is 18.3 Å². The second-order valence-corrected chi connectivity index (χ2v) is 20.9. The maximum absolute atomic E-state index is 14.6. The summed E-state index contributed by atoms with van der Waals surface area (Å²) in [5.74, 6) is 0.126. The molecule has 6 heterocycles. The number of carbonyl (C=O) groups excluding carboxylic acids is 4. The van der Waals surface area contributed by atoms with Crippen LogP contribution in [0.4, 0.5) is 14.4 Å². The zero-order valence-electron chi connectivity index (χ0n) is 41.1. The third kappa shape index (κ3) is 10.4. The van der Waals surface area contributed by atoms with Crippen LogP contribution in [-0.2, 0) is 32.2 Å². The number of hydrogen-bond acceptors (Lipinski definition) is 8. The lowest BCUT2D eigenvalue weighted by atomic mass is 9.83. The lowest BCUT2D eigenvalue weighted by Gasteiger charge is -2.36. The fourth-order valence-electron chi connectivity index (χ4n) is 12.1. The van der Waals surface area contributed by atoms with Crippen molar-refractivity contribution in [3.63, 3.8) is 0 Å². The number of para-hydroxylation sites is 2. The van der Waals surface area contributed by atoms with Crippen molar-refractivity contribution in [2.24, 2.45) is 5.92 Å². The number of nitrogens with zero attached hydrogens (tertiary/aromatic N) is 3. The molecular formula is C57H67N7O7. The average Bonchev–Trinajstić information content (AvgIpc) is 4.26. The number of aromatic nitrogens is 2. The Bertz CT molecular complexity index is 2800. The van der Waals surface area contributed by atoms with Crippen molar-refractivity contribution < 1.29 is 33.4 Å². The molecule has 0 spiro atoms. The number of amides is 4. The van der Waals surface area contributed by atoms with E-state index in [1.54, 1.807) is 0 Å². The van der Waals surface area contributed by atoms with Crippen LogP contribution in [-0.4, -0.2) is 111 Å². The Morgan fingerprint density at radius 3 is 1.76 bits per heavy atom. The van der Waals surface area contributed by atoms with Gasteiger partial charge in [-0.1, -0.05) is 116 Å². The highest BCUT2D eigenvalue weighted by molar-refractivity contribution is 5.88. The number of aromatic amines is 2. The number of H-pyrrole nitrogens is 2. The van der Waals surface area contributed by atoms with E-state index in [4.69, 9.17) is 14.2 Å². The molecule has 4 aliphatic heterocycles. The molecule has 372 valence electrons. The van der Waals surface area contributed by atoms with Crippen LogP contribution in [0, 0.1) is 5.92 Å². The van der Waals surface area contributed by atoms with E-state index in [0.717, 1.165) is 78.2 Å². The lowest BCUT2D eigenvalue weighted by molar-refractivity contribution is -0.136. The van der Waals surface area contributed by atoms with Crippen LogP contribution in [0.3, 0.4) is 0 Å². The minimum atomic E-state index is -0.674. The SMILES string of the molecule is CC(C)(C)OC(=O)N[C@H](C(=O)N1CC[C@@H]2[C@H]1[C@H](c1c[nH]c3ccccc13)CN2C(=O)OCc1ccccc1)C1CCCCC1.O=C(OCc1ccccc1)N1C[C@@H](c2c[nH]c3ccccc23)[C@H]2NCC[C@H]21. The van der Waals surface area contributed by atoms with E-state index in [1.165, 1.54) is 10.9 Å². The van der Waals surface area contributed by atoms with E-state index >= 15 is 0 Å². The van der Waals surface area contributed by atoms with Crippen molar-refractivity contribution >= 4 is 46.0 Å². The van der Waals surface area contributed by atoms with Crippen LogP contribution in [0.15, 0.2) is 122 Å². The van der Waals surface area contributed by atoms with E-state index in [1.807, 2.05) is 127 Å². The van der Waals surface area contributed by atoms with E-state index in [0.29, 0.717) is 32.7 Å². The first kappa shape index (κ1) is 47.9. The molecule has 6 aromatic rings. The third-order valence-corrected chi connectivity index (χ3v) is 15.4. The number of fused-ring (bicyclic) bond motifs is 4. The van der Waals surface area contributed by atoms with Crippen LogP contribution in [0.1, 0.15) is 99.8 Å². The van der Waals surface area contributed by atoms with Crippen molar-refractivity contribution in [1.82, 2.24) is 35.3 Å². The second-order valence-electron chi connectivity index (χ2n) is 20.9. The smallest absolute Gasteiger partial charge is 0.410 e. The number of ether oxygens (including phenoxy) is 3. The molecular weight excluding hydrogens is 895 g/mol. The predicted octanol–water partition coefficient (Wildman–Crippen LogP) is 9.98. The number of carbonyl (C=O) groups is 4. The first-order chi connectivity index (χ1) is 34.5. The molecule has 5 fully saturated rings. The number of nitrogens with one attached hydrogen (secondary N) is 4. The summed E-state index contributed by atoms with van der Waals surface area (Å²) in [4.78, 5) is 66.4. The fourth-order valence-corrected chi connectivity index (χ4v) is 12.1. The largest absolute Gasteiger partial charge is 0.445 e. The topological polar surface area (TPSA) is 161 Å².